The van der Waals surface area contributed by atoms with Crippen LogP contribution in [0.3, 0.4) is 0 Å². The molecule has 5 aliphatic rings. The SMILES string of the molecule is Cc1ncsc1-c1ccc([C@H](C)NC(=O)[C@@H]2C[C@@H](O)CN2C(=O)[C@@H](c2onc(OCCN3CCC(O[C@H]4C[C@H](Oc5cc(N6C7CCC6CN(c6cc(-c8ccccc8O)nnc6N)C7)ccn5)C4)CC3)c2F)C(C)C)cc1. The smallest absolute Gasteiger partial charge is 0.291 e. The number of aromatic nitrogens is 5. The highest BCUT2D eigenvalue weighted by molar-refractivity contribution is 7.13. The lowest BCUT2D eigenvalue weighted by molar-refractivity contribution is -0.141. The number of likely N-dealkylation sites (tertiary alicyclic amines) is 2. The number of β-amino-alcohol motifs (C(OH)–C–C–N with tert-alkyl or cyclic N) is 1. The molecule has 4 saturated heterocycles. The van der Waals surface area contributed by atoms with Gasteiger partial charge in [-0.05, 0) is 86.0 Å². The third kappa shape index (κ3) is 11.2. The van der Waals surface area contributed by atoms with E-state index in [2.05, 4.69) is 57.5 Å². The number of nitrogens with zero attached hydrogens (tertiary/aromatic N) is 9. The van der Waals surface area contributed by atoms with Gasteiger partial charge in [0.2, 0.25) is 23.5 Å². The number of anilines is 3. The number of ether oxygens (including phenoxy) is 3. The molecular weight excluding hydrogens is 1020 g/mol. The number of piperidine rings is 1. The number of aromatic hydroxyl groups is 1. The number of piperazine rings is 1. The number of nitrogens with one attached hydrogen (secondary N) is 1. The molecule has 412 valence electrons. The molecule has 6 atom stereocenters. The molecule has 2 unspecified atom stereocenters. The van der Waals surface area contributed by atoms with E-state index in [0.29, 0.717) is 29.5 Å². The molecule has 6 aromatic rings. The Hall–Kier alpha value is -6.94. The van der Waals surface area contributed by atoms with Crippen molar-refractivity contribution in [1.82, 2.24) is 40.4 Å². The first-order chi connectivity index (χ1) is 37.7. The van der Waals surface area contributed by atoms with Crippen LogP contribution in [0, 0.1) is 18.7 Å². The van der Waals surface area contributed by atoms with E-state index in [1.165, 1.54) is 4.90 Å². The zero-order valence-electron chi connectivity index (χ0n) is 44.4. The van der Waals surface area contributed by atoms with E-state index in [9.17, 15) is 19.8 Å². The fourth-order valence-electron chi connectivity index (χ4n) is 12.0. The third-order valence-electron chi connectivity index (χ3n) is 16.2. The Bertz CT molecular complexity index is 3060. The number of para-hydroxylation sites is 1. The van der Waals surface area contributed by atoms with Crippen LogP contribution in [0.5, 0.6) is 17.5 Å². The van der Waals surface area contributed by atoms with Crippen molar-refractivity contribution in [2.75, 3.05) is 61.4 Å². The number of nitrogen functional groups attached to an aromatic ring is 1. The highest BCUT2D eigenvalue weighted by Crippen LogP contribution is 2.41. The van der Waals surface area contributed by atoms with Gasteiger partial charge in [-0.25, -0.2) is 9.97 Å². The standard InChI is InChI=1S/C57H68FN11O8S/c1-32(2)50(57(73)68-30-40(70)24-47(68)55(72)62-33(3)35-9-11-36(12-10-35)53-34(4)61-31-78-53)52-51(58)56(65-77-52)74-22-21-66-19-16-41(17-20-66)75-42-25-43(26-42)76-49-23-37(15-18-60-49)69-38-13-14-39(69)29-67(28-38)46-27-45(63-64-54(46)59)44-7-5-6-8-48(44)71/h5-12,15,18,23,27,31-33,38-43,47,50,70-71H,13-14,16-17,19-22,24-26,28-30H2,1-4H3,(H2,59,64)(H,62,72)/t33-,38?,39?,40+,42-,43-,47-,50+/m0/s1. The number of aryl methyl sites for hydroxylation is 1. The van der Waals surface area contributed by atoms with E-state index in [1.807, 2.05) is 68.0 Å². The lowest BCUT2D eigenvalue weighted by atomic mass is 9.91. The molecule has 19 nitrogen and oxygen atoms in total. The predicted molar refractivity (Wildman–Crippen MR) is 292 cm³/mol. The van der Waals surface area contributed by atoms with E-state index in [-0.39, 0.29) is 73.4 Å². The van der Waals surface area contributed by atoms with Crippen LogP contribution < -0.4 is 30.3 Å². The number of rotatable bonds is 18. The van der Waals surface area contributed by atoms with Gasteiger partial charge in [0, 0.05) is 94.1 Å². The molecule has 8 heterocycles. The van der Waals surface area contributed by atoms with Crippen molar-refractivity contribution < 1.29 is 42.9 Å². The van der Waals surface area contributed by atoms with Gasteiger partial charge < -0.3 is 54.7 Å². The van der Waals surface area contributed by atoms with E-state index in [0.717, 1.165) is 97.8 Å². The van der Waals surface area contributed by atoms with Crippen LogP contribution in [0.4, 0.5) is 21.6 Å². The molecule has 11 rings (SSSR count). The number of aliphatic hydroxyl groups excluding tert-OH is 1. The van der Waals surface area contributed by atoms with Crippen molar-refractivity contribution in [3.05, 3.63) is 101 Å². The highest BCUT2D eigenvalue weighted by Gasteiger charge is 2.46. The molecule has 5 fully saturated rings. The van der Waals surface area contributed by atoms with Gasteiger partial charge in [0.1, 0.15) is 30.4 Å². The lowest BCUT2D eigenvalue weighted by Crippen LogP contribution is -2.54. The topological polar surface area (TPSA) is 231 Å². The monoisotopic (exact) mass is 1090 g/mol. The van der Waals surface area contributed by atoms with Crippen LogP contribution in [0.1, 0.15) is 94.7 Å². The Morgan fingerprint density at radius 2 is 1.68 bits per heavy atom. The zero-order valence-corrected chi connectivity index (χ0v) is 45.2. The summed E-state index contributed by atoms with van der Waals surface area (Å²) in [6.45, 7) is 11.2. The average molecular weight is 1090 g/mol. The van der Waals surface area contributed by atoms with Gasteiger partial charge in [-0.3, -0.25) is 14.5 Å². The minimum Gasteiger partial charge on any atom is -0.507 e. The number of hydrogen-bond donors (Lipinski definition) is 4. The summed E-state index contributed by atoms with van der Waals surface area (Å²) in [5.41, 5.74) is 14.2. The summed E-state index contributed by atoms with van der Waals surface area (Å²) in [6.07, 6.45) is 6.63. The summed E-state index contributed by atoms with van der Waals surface area (Å²) in [5.74, 6) is -2.74. The van der Waals surface area contributed by atoms with Crippen molar-refractivity contribution in [3.63, 3.8) is 0 Å². The van der Waals surface area contributed by atoms with E-state index >= 15 is 4.39 Å². The van der Waals surface area contributed by atoms with Gasteiger partial charge in [0.15, 0.2) is 11.6 Å². The Morgan fingerprint density at radius 3 is 2.40 bits per heavy atom. The zero-order chi connectivity index (χ0) is 54.2. The Morgan fingerprint density at radius 1 is 0.923 bits per heavy atom. The molecule has 2 aromatic carbocycles. The Kier molecular flexibility index (Phi) is 15.5. The average Bonchev–Trinajstić information content (AvgIpc) is 4.26. The number of carbonyl (C=O) groups is 2. The van der Waals surface area contributed by atoms with Gasteiger partial charge in [-0.1, -0.05) is 50.2 Å². The summed E-state index contributed by atoms with van der Waals surface area (Å²) in [4.78, 5) is 46.4. The van der Waals surface area contributed by atoms with Crippen molar-refractivity contribution in [3.8, 4) is 39.2 Å². The molecule has 4 aliphatic heterocycles. The summed E-state index contributed by atoms with van der Waals surface area (Å²) in [6, 6.07) is 20.3. The minimum absolute atomic E-state index is 0.0237. The van der Waals surface area contributed by atoms with Crippen LogP contribution in [-0.2, 0) is 14.3 Å². The lowest BCUT2D eigenvalue weighted by Gasteiger charge is -2.43. The van der Waals surface area contributed by atoms with E-state index in [4.69, 9.17) is 24.5 Å². The molecule has 2 bridgehead atoms. The second kappa shape index (κ2) is 22.8. The van der Waals surface area contributed by atoms with Gasteiger partial charge in [0.05, 0.1) is 51.8 Å². The van der Waals surface area contributed by atoms with E-state index in [1.54, 1.807) is 37.3 Å². The largest absolute Gasteiger partial charge is 0.507 e. The Balaban J connectivity index is 0.610. The maximum atomic E-state index is 16.1. The fourth-order valence-corrected chi connectivity index (χ4v) is 12.8. The predicted octanol–water partition coefficient (Wildman–Crippen LogP) is 7.29. The van der Waals surface area contributed by atoms with Crippen LogP contribution in [-0.4, -0.2) is 146 Å². The fraction of sp³-hybridized carbons (Fsp3) is 0.491. The number of halogens is 1. The van der Waals surface area contributed by atoms with Crippen molar-refractivity contribution in [1.29, 1.82) is 0 Å². The summed E-state index contributed by atoms with van der Waals surface area (Å²) < 4.78 is 40.3. The second-order valence-electron chi connectivity index (χ2n) is 21.8. The molecule has 5 N–H and O–H groups in total. The molecule has 0 radical (unpaired) electrons. The molecule has 4 aromatic heterocycles. The first-order valence-electron chi connectivity index (χ1n) is 27.3. The maximum absolute atomic E-state index is 16.1. The summed E-state index contributed by atoms with van der Waals surface area (Å²) in [7, 11) is 0. The number of pyridine rings is 1. The number of phenols is 1. The number of benzene rings is 2. The molecule has 2 amide bonds. The molecular formula is C57H68FN11O8S. The van der Waals surface area contributed by atoms with Gasteiger partial charge in [0.25, 0.3) is 5.88 Å². The first kappa shape index (κ1) is 53.1. The number of hydrogen-bond acceptors (Lipinski definition) is 18. The molecule has 78 heavy (non-hydrogen) atoms. The number of nitrogens with two attached hydrogens (primary N) is 1. The number of fused-ring (bicyclic) bond motifs is 2. The molecule has 1 saturated carbocycles. The quantitative estimate of drug-likeness (QED) is 0.0662. The van der Waals surface area contributed by atoms with Crippen LogP contribution in [0.15, 0.2) is 83.0 Å². The van der Waals surface area contributed by atoms with Crippen LogP contribution in [0.25, 0.3) is 21.7 Å². The van der Waals surface area contributed by atoms with Crippen molar-refractivity contribution in [2.45, 2.75) is 127 Å². The maximum Gasteiger partial charge on any atom is 0.291 e. The highest BCUT2D eigenvalue weighted by atomic mass is 32.1. The third-order valence-corrected chi connectivity index (χ3v) is 17.2. The second-order valence-corrected chi connectivity index (χ2v) is 22.7. The molecule has 0 spiro atoms. The normalized spacial score (nSPS) is 23.3. The van der Waals surface area contributed by atoms with Crippen LogP contribution in [0.2, 0.25) is 0 Å². The number of thiazole rings is 1. The van der Waals surface area contributed by atoms with Gasteiger partial charge in [-0.2, -0.15) is 4.39 Å². The van der Waals surface area contributed by atoms with E-state index < -0.39 is 41.6 Å². The van der Waals surface area contributed by atoms with Gasteiger partial charge in [-0.15, -0.1) is 21.5 Å². The Labute approximate surface area is 456 Å². The van der Waals surface area contributed by atoms with Crippen molar-refractivity contribution in [2.24, 2.45) is 5.92 Å². The number of amides is 2. The number of aliphatic hydroxyl groups is 1. The summed E-state index contributed by atoms with van der Waals surface area (Å²) >= 11 is 1.57. The number of carbonyl (C=O) groups excluding carboxylic acids is 2. The molecule has 21 heteroatoms. The van der Waals surface area contributed by atoms with Crippen molar-refractivity contribution >= 4 is 40.3 Å². The first-order valence-corrected chi connectivity index (χ1v) is 28.1. The number of phenolic OH excluding ortho intramolecular Hbond substituents is 1. The van der Waals surface area contributed by atoms with Gasteiger partial charge >= 0.3 is 0 Å². The van der Waals surface area contributed by atoms with Crippen LogP contribution >= 0.6 is 11.3 Å². The molecule has 1 aliphatic carbocycles. The minimum atomic E-state index is -1.10. The summed E-state index contributed by atoms with van der Waals surface area (Å²) in [5, 5.41) is 36.6.